The SMILES string of the molecule is CC(C)Cc1nc(C2CCCCCCC2)[nH]c(=O)c1Br. The van der Waals surface area contributed by atoms with E-state index >= 15 is 0 Å². The number of hydrogen-bond acceptors (Lipinski definition) is 2. The second-order valence-corrected chi connectivity index (χ2v) is 7.14. The Hall–Kier alpha value is -0.640. The first-order valence-electron chi connectivity index (χ1n) is 7.86. The molecule has 1 aliphatic rings. The maximum Gasteiger partial charge on any atom is 0.265 e. The average Bonchev–Trinajstić information content (AvgIpc) is 2.33. The van der Waals surface area contributed by atoms with E-state index in [1.807, 2.05) is 0 Å². The van der Waals surface area contributed by atoms with Crippen molar-refractivity contribution in [2.24, 2.45) is 5.92 Å². The highest BCUT2D eigenvalue weighted by molar-refractivity contribution is 9.10. The topological polar surface area (TPSA) is 45.8 Å². The third-order valence-corrected chi connectivity index (χ3v) is 4.86. The van der Waals surface area contributed by atoms with E-state index in [4.69, 9.17) is 4.98 Å². The lowest BCUT2D eigenvalue weighted by Gasteiger charge is -2.20. The molecule has 0 amide bonds. The summed E-state index contributed by atoms with van der Waals surface area (Å²) in [6, 6.07) is 0. The van der Waals surface area contributed by atoms with Crippen LogP contribution < -0.4 is 5.56 Å². The minimum atomic E-state index is -0.0206. The van der Waals surface area contributed by atoms with E-state index in [1.54, 1.807) is 0 Å². The Morgan fingerprint density at radius 3 is 2.40 bits per heavy atom. The van der Waals surface area contributed by atoms with Gasteiger partial charge in [0.1, 0.15) is 10.3 Å². The fraction of sp³-hybridized carbons (Fsp3) is 0.750. The molecule has 0 atom stereocenters. The Kier molecular flexibility index (Phi) is 5.82. The van der Waals surface area contributed by atoms with E-state index in [2.05, 4.69) is 34.8 Å². The van der Waals surface area contributed by atoms with Gasteiger partial charge in [-0.05, 0) is 41.1 Å². The maximum atomic E-state index is 12.1. The minimum Gasteiger partial charge on any atom is -0.309 e. The van der Waals surface area contributed by atoms with Gasteiger partial charge in [-0.3, -0.25) is 4.79 Å². The van der Waals surface area contributed by atoms with Gasteiger partial charge in [0, 0.05) is 5.92 Å². The van der Waals surface area contributed by atoms with Gasteiger partial charge in [-0.25, -0.2) is 4.98 Å². The first-order valence-corrected chi connectivity index (χ1v) is 8.65. The molecule has 0 radical (unpaired) electrons. The number of H-pyrrole nitrogens is 1. The van der Waals surface area contributed by atoms with E-state index in [1.165, 1.54) is 32.1 Å². The number of nitrogens with zero attached hydrogens (tertiary/aromatic N) is 1. The summed E-state index contributed by atoms with van der Waals surface area (Å²) in [5.41, 5.74) is 0.897. The monoisotopic (exact) mass is 340 g/mol. The molecule has 0 aromatic carbocycles. The number of rotatable bonds is 3. The molecule has 1 heterocycles. The van der Waals surface area contributed by atoms with Crippen molar-refractivity contribution in [2.75, 3.05) is 0 Å². The zero-order chi connectivity index (χ0) is 14.5. The summed E-state index contributed by atoms with van der Waals surface area (Å²) < 4.78 is 0.612. The molecule has 1 aromatic heterocycles. The lowest BCUT2D eigenvalue weighted by Crippen LogP contribution is -2.19. The van der Waals surface area contributed by atoms with Gasteiger partial charge in [0.15, 0.2) is 0 Å². The molecule has 1 saturated carbocycles. The van der Waals surface area contributed by atoms with Gasteiger partial charge in [0.05, 0.1) is 5.69 Å². The Morgan fingerprint density at radius 2 is 1.80 bits per heavy atom. The third-order valence-electron chi connectivity index (χ3n) is 4.04. The fourth-order valence-electron chi connectivity index (χ4n) is 2.97. The molecule has 20 heavy (non-hydrogen) atoms. The van der Waals surface area contributed by atoms with Crippen molar-refractivity contribution in [3.8, 4) is 0 Å². The van der Waals surface area contributed by atoms with Gasteiger partial charge >= 0.3 is 0 Å². The second kappa shape index (κ2) is 7.39. The summed E-state index contributed by atoms with van der Waals surface area (Å²) in [5, 5.41) is 0. The fourth-order valence-corrected chi connectivity index (χ4v) is 3.32. The molecule has 3 nitrogen and oxygen atoms in total. The molecule has 112 valence electrons. The van der Waals surface area contributed by atoms with Crippen LogP contribution in [-0.4, -0.2) is 9.97 Å². The molecule has 1 aliphatic carbocycles. The van der Waals surface area contributed by atoms with Crippen molar-refractivity contribution in [3.63, 3.8) is 0 Å². The molecule has 0 bridgehead atoms. The van der Waals surface area contributed by atoms with Crippen molar-refractivity contribution in [1.82, 2.24) is 9.97 Å². The van der Waals surface area contributed by atoms with Crippen LogP contribution in [0.2, 0.25) is 0 Å². The Labute approximate surface area is 129 Å². The van der Waals surface area contributed by atoms with Gasteiger partial charge < -0.3 is 4.98 Å². The van der Waals surface area contributed by atoms with Gasteiger partial charge in [-0.1, -0.05) is 46.0 Å². The van der Waals surface area contributed by atoms with Gasteiger partial charge in [0.25, 0.3) is 5.56 Å². The summed E-state index contributed by atoms with van der Waals surface area (Å²) in [6.45, 7) is 4.32. The lowest BCUT2D eigenvalue weighted by atomic mass is 9.90. The molecular weight excluding hydrogens is 316 g/mol. The normalized spacial score (nSPS) is 18.0. The Balaban J connectivity index is 2.25. The van der Waals surface area contributed by atoms with Crippen LogP contribution in [-0.2, 0) is 6.42 Å². The van der Waals surface area contributed by atoms with Gasteiger partial charge in [-0.2, -0.15) is 0 Å². The Morgan fingerprint density at radius 1 is 1.20 bits per heavy atom. The van der Waals surface area contributed by atoms with Crippen molar-refractivity contribution in [3.05, 3.63) is 26.3 Å². The van der Waals surface area contributed by atoms with Crippen LogP contribution in [0, 0.1) is 5.92 Å². The van der Waals surface area contributed by atoms with Crippen LogP contribution in [0.1, 0.15) is 76.2 Å². The van der Waals surface area contributed by atoms with Crippen LogP contribution in [0.15, 0.2) is 9.27 Å². The van der Waals surface area contributed by atoms with Crippen LogP contribution >= 0.6 is 15.9 Å². The van der Waals surface area contributed by atoms with Crippen molar-refractivity contribution >= 4 is 15.9 Å². The predicted molar refractivity (Wildman–Crippen MR) is 86.2 cm³/mol. The Bertz CT molecular complexity index is 488. The highest BCUT2D eigenvalue weighted by Gasteiger charge is 2.18. The van der Waals surface area contributed by atoms with Crippen molar-refractivity contribution in [1.29, 1.82) is 0 Å². The van der Waals surface area contributed by atoms with Gasteiger partial charge in [-0.15, -0.1) is 0 Å². The molecule has 2 rings (SSSR count). The third kappa shape index (κ3) is 4.18. The first kappa shape index (κ1) is 15.7. The standard InChI is InChI=1S/C16H25BrN2O/c1-11(2)10-13-14(17)16(20)19-15(18-13)12-8-6-4-3-5-7-9-12/h11-12H,3-10H2,1-2H3,(H,18,19,20). The van der Waals surface area contributed by atoms with E-state index in [-0.39, 0.29) is 5.56 Å². The predicted octanol–water partition coefficient (Wildman–Crippen LogP) is 4.56. The first-order chi connectivity index (χ1) is 9.58. The van der Waals surface area contributed by atoms with Crippen LogP contribution in [0.25, 0.3) is 0 Å². The van der Waals surface area contributed by atoms with E-state index in [9.17, 15) is 4.79 Å². The number of aromatic amines is 1. The molecule has 1 N–H and O–H groups in total. The molecule has 0 saturated heterocycles. The van der Waals surface area contributed by atoms with E-state index < -0.39 is 0 Å². The average molecular weight is 341 g/mol. The van der Waals surface area contributed by atoms with Gasteiger partial charge in [0.2, 0.25) is 0 Å². The summed E-state index contributed by atoms with van der Waals surface area (Å²) in [4.78, 5) is 19.9. The molecule has 1 aromatic rings. The zero-order valence-corrected chi connectivity index (χ0v) is 14.1. The quantitative estimate of drug-likeness (QED) is 0.876. The molecule has 0 aliphatic heterocycles. The van der Waals surface area contributed by atoms with E-state index in [0.717, 1.165) is 30.8 Å². The smallest absolute Gasteiger partial charge is 0.265 e. The number of hydrogen-bond donors (Lipinski definition) is 1. The van der Waals surface area contributed by atoms with Crippen molar-refractivity contribution in [2.45, 2.75) is 71.1 Å². The van der Waals surface area contributed by atoms with Crippen LogP contribution in [0.5, 0.6) is 0 Å². The highest BCUT2D eigenvalue weighted by Crippen LogP contribution is 2.29. The highest BCUT2D eigenvalue weighted by atomic mass is 79.9. The lowest BCUT2D eigenvalue weighted by molar-refractivity contribution is 0.439. The van der Waals surface area contributed by atoms with Crippen LogP contribution in [0.4, 0.5) is 0 Å². The minimum absolute atomic E-state index is 0.0206. The summed E-state index contributed by atoms with van der Waals surface area (Å²) in [7, 11) is 0. The second-order valence-electron chi connectivity index (χ2n) is 6.35. The number of aromatic nitrogens is 2. The molecule has 1 fully saturated rings. The maximum absolute atomic E-state index is 12.1. The largest absolute Gasteiger partial charge is 0.309 e. The number of nitrogens with one attached hydrogen (secondary N) is 1. The van der Waals surface area contributed by atoms with Crippen molar-refractivity contribution < 1.29 is 0 Å². The molecule has 0 unspecified atom stereocenters. The molecular formula is C16H25BrN2O. The summed E-state index contributed by atoms with van der Waals surface area (Å²) in [5.74, 6) is 1.85. The zero-order valence-electron chi connectivity index (χ0n) is 12.5. The summed E-state index contributed by atoms with van der Waals surface area (Å²) >= 11 is 3.39. The number of halogens is 1. The van der Waals surface area contributed by atoms with Crippen LogP contribution in [0.3, 0.4) is 0 Å². The molecule has 4 heteroatoms. The molecule has 0 spiro atoms. The van der Waals surface area contributed by atoms with E-state index in [0.29, 0.717) is 16.3 Å². The summed E-state index contributed by atoms with van der Waals surface area (Å²) in [6.07, 6.45) is 9.66.